The topological polar surface area (TPSA) is 99.5 Å². The number of sulfonamides is 1. The molecule has 28 heavy (non-hydrogen) atoms. The molecule has 0 radical (unpaired) electrons. The largest absolute Gasteiger partial charge is 0.421 e. The fourth-order valence-electron chi connectivity index (χ4n) is 3.31. The number of hydrogen-bond donors (Lipinski definition) is 0. The van der Waals surface area contributed by atoms with Gasteiger partial charge in [-0.3, -0.25) is 9.47 Å². The number of rotatable bonds is 4. The summed E-state index contributed by atoms with van der Waals surface area (Å²) in [5.41, 5.74) is 1.68. The van der Waals surface area contributed by atoms with Crippen LogP contribution in [0.5, 0.6) is 0 Å². The van der Waals surface area contributed by atoms with Crippen LogP contribution in [0.25, 0.3) is 11.1 Å². The SMILES string of the molecule is N#Cc1ccc(S(=O)(=O)N2CCN(Cn3c(=O)oc4ccccc43)CC2)cc1. The fourth-order valence-corrected chi connectivity index (χ4v) is 4.73. The minimum Gasteiger partial charge on any atom is -0.408 e. The van der Waals surface area contributed by atoms with E-state index in [4.69, 9.17) is 9.68 Å². The average molecular weight is 398 g/mol. The molecular formula is C19H18N4O4S. The zero-order chi connectivity index (χ0) is 19.7. The van der Waals surface area contributed by atoms with Crippen LogP contribution >= 0.6 is 0 Å². The van der Waals surface area contributed by atoms with E-state index in [0.29, 0.717) is 44.0 Å². The molecule has 1 aliphatic rings. The summed E-state index contributed by atoms with van der Waals surface area (Å²) in [6.45, 7) is 2.00. The lowest BCUT2D eigenvalue weighted by Gasteiger charge is -2.33. The van der Waals surface area contributed by atoms with Gasteiger partial charge in [0.05, 0.1) is 28.7 Å². The molecule has 9 heteroatoms. The van der Waals surface area contributed by atoms with E-state index in [1.54, 1.807) is 10.6 Å². The lowest BCUT2D eigenvalue weighted by atomic mass is 10.2. The van der Waals surface area contributed by atoms with Crippen molar-refractivity contribution in [2.75, 3.05) is 26.2 Å². The van der Waals surface area contributed by atoms with Crippen LogP contribution in [0, 0.1) is 11.3 Å². The van der Waals surface area contributed by atoms with Crippen molar-refractivity contribution in [2.24, 2.45) is 0 Å². The van der Waals surface area contributed by atoms with E-state index in [1.807, 2.05) is 29.2 Å². The lowest BCUT2D eigenvalue weighted by molar-refractivity contribution is 0.150. The maximum absolute atomic E-state index is 12.8. The molecule has 144 valence electrons. The Kier molecular flexibility index (Phi) is 4.77. The fraction of sp³-hybridized carbons (Fsp3) is 0.263. The Labute approximate surface area is 161 Å². The van der Waals surface area contributed by atoms with Gasteiger partial charge in [0, 0.05) is 26.2 Å². The first-order valence-electron chi connectivity index (χ1n) is 8.80. The highest BCUT2D eigenvalue weighted by molar-refractivity contribution is 7.89. The molecule has 0 amide bonds. The van der Waals surface area contributed by atoms with Gasteiger partial charge in [-0.2, -0.15) is 9.57 Å². The molecule has 0 aliphatic carbocycles. The molecule has 2 heterocycles. The van der Waals surface area contributed by atoms with Crippen molar-refractivity contribution in [3.63, 3.8) is 0 Å². The monoisotopic (exact) mass is 398 g/mol. The molecule has 8 nitrogen and oxygen atoms in total. The Balaban J connectivity index is 1.46. The van der Waals surface area contributed by atoms with Crippen LogP contribution < -0.4 is 5.76 Å². The maximum atomic E-state index is 12.8. The van der Waals surface area contributed by atoms with Gasteiger partial charge in [0.25, 0.3) is 0 Å². The summed E-state index contributed by atoms with van der Waals surface area (Å²) in [4.78, 5) is 14.3. The first-order valence-corrected chi connectivity index (χ1v) is 10.2. The Morgan fingerprint density at radius 3 is 2.36 bits per heavy atom. The number of benzene rings is 2. The number of hydrogen-bond acceptors (Lipinski definition) is 6. The number of nitrogens with zero attached hydrogens (tertiary/aromatic N) is 4. The van der Waals surface area contributed by atoms with Crippen LogP contribution in [0.4, 0.5) is 0 Å². The van der Waals surface area contributed by atoms with E-state index in [9.17, 15) is 13.2 Å². The Morgan fingerprint density at radius 1 is 1.00 bits per heavy atom. The normalized spacial score (nSPS) is 16.2. The zero-order valence-electron chi connectivity index (χ0n) is 15.0. The third-order valence-electron chi connectivity index (χ3n) is 4.87. The molecule has 4 rings (SSSR count). The summed E-state index contributed by atoms with van der Waals surface area (Å²) in [5.74, 6) is -0.422. The van der Waals surface area contributed by atoms with Gasteiger partial charge in [-0.05, 0) is 36.4 Å². The van der Waals surface area contributed by atoms with Crippen LogP contribution in [0.2, 0.25) is 0 Å². The molecule has 0 unspecified atom stereocenters. The first kappa shape index (κ1) is 18.4. The van der Waals surface area contributed by atoms with E-state index in [1.165, 1.54) is 28.6 Å². The van der Waals surface area contributed by atoms with Crippen LogP contribution in [0.1, 0.15) is 5.56 Å². The minimum atomic E-state index is -3.61. The van der Waals surface area contributed by atoms with Crippen LogP contribution in [0.3, 0.4) is 0 Å². The molecule has 3 aromatic rings. The van der Waals surface area contributed by atoms with Crippen LogP contribution in [-0.2, 0) is 16.7 Å². The standard InChI is InChI=1S/C19H18N4O4S/c20-13-15-5-7-16(8-6-15)28(25,26)22-11-9-21(10-12-22)14-23-17-3-1-2-4-18(17)27-19(23)24/h1-8H,9-12,14H2. The Bertz CT molecular complexity index is 1200. The van der Waals surface area contributed by atoms with Crippen molar-refractivity contribution in [3.05, 3.63) is 64.6 Å². The third-order valence-corrected chi connectivity index (χ3v) is 6.78. The van der Waals surface area contributed by atoms with E-state index < -0.39 is 15.8 Å². The van der Waals surface area contributed by atoms with E-state index in [0.717, 1.165) is 5.52 Å². The van der Waals surface area contributed by atoms with Gasteiger partial charge < -0.3 is 4.42 Å². The molecule has 0 N–H and O–H groups in total. The van der Waals surface area contributed by atoms with Crippen molar-refractivity contribution in [1.82, 2.24) is 13.8 Å². The summed E-state index contributed by atoms with van der Waals surface area (Å²) in [6.07, 6.45) is 0. The van der Waals surface area contributed by atoms with Gasteiger partial charge in [-0.1, -0.05) is 12.1 Å². The summed E-state index contributed by atoms with van der Waals surface area (Å²) >= 11 is 0. The summed E-state index contributed by atoms with van der Waals surface area (Å²) in [5, 5.41) is 8.85. The van der Waals surface area contributed by atoms with Crippen LogP contribution in [0.15, 0.2) is 62.6 Å². The Morgan fingerprint density at radius 2 is 1.68 bits per heavy atom. The average Bonchev–Trinajstić information content (AvgIpc) is 3.04. The van der Waals surface area contributed by atoms with Gasteiger partial charge >= 0.3 is 5.76 Å². The van der Waals surface area contributed by atoms with Gasteiger partial charge in [-0.15, -0.1) is 0 Å². The third kappa shape index (κ3) is 3.33. The van der Waals surface area contributed by atoms with Crippen molar-refractivity contribution in [1.29, 1.82) is 5.26 Å². The Hall–Kier alpha value is -2.93. The molecule has 1 fully saturated rings. The molecule has 1 saturated heterocycles. The van der Waals surface area contributed by atoms with Crippen molar-refractivity contribution >= 4 is 21.1 Å². The first-order chi connectivity index (χ1) is 13.5. The molecule has 0 spiro atoms. The maximum Gasteiger partial charge on any atom is 0.421 e. The molecule has 0 atom stereocenters. The van der Waals surface area contributed by atoms with E-state index >= 15 is 0 Å². The van der Waals surface area contributed by atoms with Gasteiger partial charge in [0.15, 0.2) is 5.58 Å². The highest BCUT2D eigenvalue weighted by Crippen LogP contribution is 2.19. The molecule has 0 saturated carbocycles. The molecule has 1 aliphatic heterocycles. The number of piperazine rings is 1. The second-order valence-electron chi connectivity index (χ2n) is 6.56. The number of para-hydroxylation sites is 2. The quantitative estimate of drug-likeness (QED) is 0.659. The van der Waals surface area contributed by atoms with Gasteiger partial charge in [-0.25, -0.2) is 13.2 Å². The number of oxazole rings is 1. The van der Waals surface area contributed by atoms with E-state index in [-0.39, 0.29) is 4.90 Å². The van der Waals surface area contributed by atoms with Crippen LogP contribution in [-0.4, -0.2) is 48.4 Å². The van der Waals surface area contributed by atoms with Crippen molar-refractivity contribution in [2.45, 2.75) is 11.6 Å². The lowest BCUT2D eigenvalue weighted by Crippen LogP contribution is -2.49. The van der Waals surface area contributed by atoms with Gasteiger partial charge in [0.2, 0.25) is 10.0 Å². The molecule has 1 aromatic heterocycles. The zero-order valence-corrected chi connectivity index (χ0v) is 15.8. The predicted octanol–water partition coefficient (Wildman–Crippen LogP) is 1.43. The summed E-state index contributed by atoms with van der Waals surface area (Å²) < 4.78 is 33.8. The minimum absolute atomic E-state index is 0.178. The number of fused-ring (bicyclic) bond motifs is 1. The summed E-state index contributed by atoms with van der Waals surface area (Å²) in [6, 6.07) is 15.1. The van der Waals surface area contributed by atoms with Crippen molar-refractivity contribution < 1.29 is 12.8 Å². The second-order valence-corrected chi connectivity index (χ2v) is 8.50. The van der Waals surface area contributed by atoms with E-state index in [2.05, 4.69) is 0 Å². The highest BCUT2D eigenvalue weighted by atomic mass is 32.2. The van der Waals surface area contributed by atoms with Gasteiger partial charge in [0.1, 0.15) is 0 Å². The second kappa shape index (κ2) is 7.24. The number of aromatic nitrogens is 1. The smallest absolute Gasteiger partial charge is 0.408 e. The molecular weight excluding hydrogens is 380 g/mol. The highest BCUT2D eigenvalue weighted by Gasteiger charge is 2.29. The molecule has 0 bridgehead atoms. The van der Waals surface area contributed by atoms with Crippen molar-refractivity contribution in [3.8, 4) is 6.07 Å². The molecule has 2 aromatic carbocycles. The summed E-state index contributed by atoms with van der Waals surface area (Å²) in [7, 11) is -3.61. The predicted molar refractivity (Wildman–Crippen MR) is 102 cm³/mol. The number of nitriles is 1.